The summed E-state index contributed by atoms with van der Waals surface area (Å²) in [7, 11) is 0. The van der Waals surface area contributed by atoms with Crippen molar-refractivity contribution in [3.8, 4) is 0 Å². The van der Waals surface area contributed by atoms with Gasteiger partial charge in [-0.1, -0.05) is 18.9 Å². The van der Waals surface area contributed by atoms with E-state index in [9.17, 15) is 4.79 Å². The van der Waals surface area contributed by atoms with Crippen LogP contribution < -0.4 is 0 Å². The van der Waals surface area contributed by atoms with Gasteiger partial charge in [-0.05, 0) is 27.2 Å². The van der Waals surface area contributed by atoms with Crippen LogP contribution in [0.5, 0.6) is 0 Å². The first-order chi connectivity index (χ1) is 5.87. The highest BCUT2D eigenvalue weighted by Crippen LogP contribution is 2.43. The first kappa shape index (κ1) is 10.9. The van der Waals surface area contributed by atoms with Crippen molar-refractivity contribution in [2.45, 2.75) is 50.9 Å². The van der Waals surface area contributed by atoms with Crippen LogP contribution in [0, 0.1) is 0 Å². The van der Waals surface area contributed by atoms with Crippen molar-refractivity contribution < 1.29 is 9.90 Å². The van der Waals surface area contributed by atoms with E-state index in [0.29, 0.717) is 0 Å². The molecule has 0 aromatic rings. The van der Waals surface area contributed by atoms with Crippen LogP contribution in [0.1, 0.15) is 34.1 Å². The summed E-state index contributed by atoms with van der Waals surface area (Å²) in [5.74, 6) is -0.691. The molecule has 0 spiro atoms. The maximum absolute atomic E-state index is 10.8. The predicted octanol–water partition coefficient (Wildman–Crippen LogP) is 1.98. The van der Waals surface area contributed by atoms with Crippen LogP contribution in [0.15, 0.2) is 0 Å². The molecule has 1 N–H and O–H groups in total. The van der Waals surface area contributed by atoms with Crippen molar-refractivity contribution in [1.82, 2.24) is 4.31 Å². The first-order valence-electron chi connectivity index (χ1n) is 4.57. The molecule has 0 saturated carbocycles. The van der Waals surface area contributed by atoms with Gasteiger partial charge >= 0.3 is 5.97 Å². The average Bonchev–Trinajstić information content (AvgIpc) is 2.58. The summed E-state index contributed by atoms with van der Waals surface area (Å²) in [4.78, 5) is 10.8. The molecule has 0 aliphatic carbocycles. The predicted molar refractivity (Wildman–Crippen MR) is 54.7 cm³/mol. The molecule has 1 aliphatic heterocycles. The van der Waals surface area contributed by atoms with E-state index in [4.69, 9.17) is 5.11 Å². The minimum absolute atomic E-state index is 0.109. The minimum atomic E-state index is -0.691. The van der Waals surface area contributed by atoms with Crippen molar-refractivity contribution in [2.75, 3.05) is 0 Å². The number of hydrogen-bond acceptors (Lipinski definition) is 3. The maximum atomic E-state index is 10.8. The zero-order chi connectivity index (χ0) is 10.2. The van der Waals surface area contributed by atoms with Crippen molar-refractivity contribution in [2.24, 2.45) is 0 Å². The third kappa shape index (κ3) is 2.61. The van der Waals surface area contributed by atoms with E-state index in [1.165, 1.54) is 0 Å². The van der Waals surface area contributed by atoms with Crippen LogP contribution in [0.25, 0.3) is 0 Å². The van der Waals surface area contributed by atoms with Gasteiger partial charge in [0, 0.05) is 10.8 Å². The summed E-state index contributed by atoms with van der Waals surface area (Å²) < 4.78 is 2.10. The van der Waals surface area contributed by atoms with Gasteiger partial charge in [0.1, 0.15) is 6.04 Å². The van der Waals surface area contributed by atoms with Crippen LogP contribution in [0.4, 0.5) is 0 Å². The number of carboxylic acid groups (broad SMARTS) is 1. The zero-order valence-corrected chi connectivity index (χ0v) is 9.39. The lowest BCUT2D eigenvalue weighted by Crippen LogP contribution is -2.14. The number of carbonyl (C=O) groups is 1. The molecule has 4 heteroatoms. The van der Waals surface area contributed by atoms with E-state index < -0.39 is 5.97 Å². The summed E-state index contributed by atoms with van der Waals surface area (Å²) in [6.07, 6.45) is 0.917. The third-order valence-electron chi connectivity index (χ3n) is 1.93. The second-order valence-electron chi connectivity index (χ2n) is 4.32. The highest BCUT2D eigenvalue weighted by molar-refractivity contribution is 7.98. The molecule has 1 rings (SSSR count). The molecule has 1 heterocycles. The van der Waals surface area contributed by atoms with Gasteiger partial charge in [0.25, 0.3) is 0 Å². The first-order valence-corrected chi connectivity index (χ1v) is 5.34. The second kappa shape index (κ2) is 3.50. The van der Waals surface area contributed by atoms with Crippen molar-refractivity contribution in [1.29, 1.82) is 0 Å². The van der Waals surface area contributed by atoms with Crippen molar-refractivity contribution in [3.05, 3.63) is 0 Å². The van der Waals surface area contributed by atoms with Gasteiger partial charge in [-0.25, -0.2) is 4.31 Å². The summed E-state index contributed by atoms with van der Waals surface area (Å²) >= 11 is 1.64. The molecule has 0 bridgehead atoms. The SMILES string of the molecule is CC[C@@H]1[C@H](C(=O)O)N1SC(C)(C)C. The fraction of sp³-hybridized carbons (Fsp3) is 0.889. The Bertz CT molecular complexity index is 212. The van der Waals surface area contributed by atoms with Gasteiger partial charge in [0.05, 0.1) is 0 Å². The maximum Gasteiger partial charge on any atom is 0.323 e. The summed E-state index contributed by atoms with van der Waals surface area (Å²) in [6, 6.07) is -0.0176. The lowest BCUT2D eigenvalue weighted by molar-refractivity contribution is -0.136. The third-order valence-corrected chi connectivity index (χ3v) is 3.18. The van der Waals surface area contributed by atoms with E-state index in [0.717, 1.165) is 6.42 Å². The highest BCUT2D eigenvalue weighted by Gasteiger charge is 2.53. The Kier molecular flexibility index (Phi) is 2.92. The fourth-order valence-electron chi connectivity index (χ4n) is 1.37. The van der Waals surface area contributed by atoms with Gasteiger partial charge in [-0.3, -0.25) is 4.79 Å². The van der Waals surface area contributed by atoms with Gasteiger partial charge in [0.15, 0.2) is 0 Å². The molecule has 3 atom stereocenters. The Hall–Kier alpha value is -0.220. The Morgan fingerprint density at radius 2 is 2.08 bits per heavy atom. The number of carboxylic acids is 1. The molecule has 3 nitrogen and oxygen atoms in total. The minimum Gasteiger partial charge on any atom is -0.480 e. The normalized spacial score (nSPS) is 33.1. The lowest BCUT2D eigenvalue weighted by Gasteiger charge is -2.18. The Morgan fingerprint density at radius 1 is 1.54 bits per heavy atom. The second-order valence-corrected chi connectivity index (χ2v) is 6.15. The van der Waals surface area contributed by atoms with Crippen LogP contribution in [-0.2, 0) is 4.79 Å². The molecule has 0 radical (unpaired) electrons. The number of nitrogens with zero attached hydrogens (tertiary/aromatic N) is 1. The quantitative estimate of drug-likeness (QED) is 0.562. The molecule has 1 aliphatic rings. The highest BCUT2D eigenvalue weighted by atomic mass is 32.2. The molecular weight excluding hydrogens is 186 g/mol. The zero-order valence-electron chi connectivity index (χ0n) is 8.57. The molecule has 0 amide bonds. The Balaban J connectivity index is 2.50. The van der Waals surface area contributed by atoms with E-state index >= 15 is 0 Å². The standard InChI is InChI=1S/C9H17NO2S/c1-5-6-7(8(11)12)10(6)13-9(2,3)4/h6-7H,5H2,1-4H3,(H,11,12)/t6-,7-,10?/m1/s1. The number of aliphatic carboxylic acids is 1. The van der Waals surface area contributed by atoms with E-state index in [1.54, 1.807) is 11.9 Å². The van der Waals surface area contributed by atoms with Crippen LogP contribution in [0.2, 0.25) is 0 Å². The summed E-state index contributed by atoms with van der Waals surface area (Å²) in [6.45, 7) is 8.33. The average molecular weight is 203 g/mol. The molecule has 0 aromatic carbocycles. The molecule has 76 valence electrons. The Morgan fingerprint density at radius 3 is 2.31 bits per heavy atom. The molecule has 13 heavy (non-hydrogen) atoms. The van der Waals surface area contributed by atoms with E-state index in [-0.39, 0.29) is 16.8 Å². The van der Waals surface area contributed by atoms with Crippen LogP contribution in [-0.4, -0.2) is 32.2 Å². The smallest absolute Gasteiger partial charge is 0.323 e. The van der Waals surface area contributed by atoms with Gasteiger partial charge in [0.2, 0.25) is 0 Å². The van der Waals surface area contributed by atoms with Gasteiger partial charge in [-0.15, -0.1) is 0 Å². The van der Waals surface area contributed by atoms with Crippen LogP contribution in [0.3, 0.4) is 0 Å². The Labute approximate surface area is 83.6 Å². The molecule has 1 unspecified atom stereocenters. The van der Waals surface area contributed by atoms with Crippen molar-refractivity contribution in [3.63, 3.8) is 0 Å². The molecular formula is C9H17NO2S. The number of hydrogen-bond donors (Lipinski definition) is 1. The van der Waals surface area contributed by atoms with Crippen LogP contribution >= 0.6 is 11.9 Å². The van der Waals surface area contributed by atoms with Crippen molar-refractivity contribution >= 4 is 17.9 Å². The topological polar surface area (TPSA) is 40.3 Å². The number of rotatable bonds is 3. The lowest BCUT2D eigenvalue weighted by atomic mass is 10.3. The molecule has 1 fully saturated rings. The van der Waals surface area contributed by atoms with E-state index in [1.807, 2.05) is 11.2 Å². The van der Waals surface area contributed by atoms with Gasteiger partial charge < -0.3 is 5.11 Å². The summed E-state index contributed by atoms with van der Waals surface area (Å²) in [5, 5.41) is 8.87. The largest absolute Gasteiger partial charge is 0.480 e. The molecule has 1 saturated heterocycles. The monoisotopic (exact) mass is 203 g/mol. The van der Waals surface area contributed by atoms with Gasteiger partial charge in [-0.2, -0.15) is 0 Å². The molecule has 0 aromatic heterocycles. The summed E-state index contributed by atoms with van der Waals surface area (Å²) in [5.41, 5.74) is 0. The fourth-order valence-corrected chi connectivity index (χ4v) is 2.70. The van der Waals surface area contributed by atoms with E-state index in [2.05, 4.69) is 20.8 Å².